The summed E-state index contributed by atoms with van der Waals surface area (Å²) < 4.78 is 18.9. The fourth-order valence-electron chi connectivity index (χ4n) is 3.26. The van der Waals surface area contributed by atoms with E-state index in [4.69, 9.17) is 4.42 Å². The fraction of sp³-hybridized carbons (Fsp3) is 0.333. The molecule has 0 saturated carbocycles. The predicted molar refractivity (Wildman–Crippen MR) is 97.3 cm³/mol. The van der Waals surface area contributed by atoms with E-state index in [1.54, 1.807) is 31.2 Å². The Morgan fingerprint density at radius 2 is 1.89 bits per heavy atom. The molecule has 1 aromatic heterocycles. The van der Waals surface area contributed by atoms with Crippen LogP contribution in [0.3, 0.4) is 0 Å². The summed E-state index contributed by atoms with van der Waals surface area (Å²) in [6.45, 7) is 5.68. The van der Waals surface area contributed by atoms with Gasteiger partial charge >= 0.3 is 0 Å². The maximum atomic E-state index is 13.2. The van der Waals surface area contributed by atoms with Gasteiger partial charge in [-0.3, -0.25) is 9.59 Å². The molecule has 1 unspecified atom stereocenters. The standard InChI is InChI=1S/C21H22FNO4/c1-12(2)10-16(24)18-19(17-9-4-13(3)27-17)23(21(26)20(18)25)11-14-5-7-15(22)8-6-14/h4-9,12,19,25H,10-11H2,1-3H3. The van der Waals surface area contributed by atoms with Gasteiger partial charge in [0, 0.05) is 13.0 Å². The Morgan fingerprint density at radius 1 is 1.22 bits per heavy atom. The zero-order valence-corrected chi connectivity index (χ0v) is 15.5. The average Bonchev–Trinajstić information content (AvgIpc) is 3.12. The van der Waals surface area contributed by atoms with Gasteiger partial charge in [0.15, 0.2) is 11.5 Å². The molecule has 0 spiro atoms. The van der Waals surface area contributed by atoms with Gasteiger partial charge in [0.05, 0.1) is 5.57 Å². The predicted octanol–water partition coefficient (Wildman–Crippen LogP) is 4.24. The van der Waals surface area contributed by atoms with Gasteiger partial charge in [0.2, 0.25) is 0 Å². The molecule has 3 rings (SSSR count). The third kappa shape index (κ3) is 3.79. The van der Waals surface area contributed by atoms with Crippen molar-refractivity contribution in [2.24, 2.45) is 5.92 Å². The molecule has 1 atom stereocenters. The second-order valence-electron chi connectivity index (χ2n) is 7.19. The number of carbonyl (C=O) groups is 2. The second kappa shape index (κ2) is 7.39. The summed E-state index contributed by atoms with van der Waals surface area (Å²) in [4.78, 5) is 26.9. The first-order valence-corrected chi connectivity index (χ1v) is 8.86. The minimum absolute atomic E-state index is 0.0603. The Labute approximate surface area is 157 Å². The van der Waals surface area contributed by atoms with E-state index in [1.165, 1.54) is 17.0 Å². The van der Waals surface area contributed by atoms with E-state index < -0.39 is 17.7 Å². The molecule has 1 N–H and O–H groups in total. The number of aliphatic hydroxyl groups is 1. The molecule has 27 heavy (non-hydrogen) atoms. The molecular weight excluding hydrogens is 349 g/mol. The molecule has 1 aromatic carbocycles. The summed E-state index contributed by atoms with van der Waals surface area (Å²) in [5.41, 5.74) is 0.744. The lowest BCUT2D eigenvalue weighted by atomic mass is 9.95. The molecule has 0 aliphatic carbocycles. The van der Waals surface area contributed by atoms with Crippen LogP contribution in [0.15, 0.2) is 52.1 Å². The minimum atomic E-state index is -0.803. The van der Waals surface area contributed by atoms with Crippen molar-refractivity contribution in [1.82, 2.24) is 4.90 Å². The molecule has 2 aromatic rings. The highest BCUT2D eigenvalue weighted by Gasteiger charge is 2.44. The van der Waals surface area contributed by atoms with Crippen molar-refractivity contribution in [2.45, 2.75) is 39.8 Å². The zero-order chi connectivity index (χ0) is 19.7. The number of nitrogens with zero attached hydrogens (tertiary/aromatic N) is 1. The van der Waals surface area contributed by atoms with Crippen molar-refractivity contribution in [1.29, 1.82) is 0 Å². The number of rotatable bonds is 6. The van der Waals surface area contributed by atoms with E-state index in [2.05, 4.69) is 0 Å². The maximum absolute atomic E-state index is 13.2. The third-order valence-corrected chi connectivity index (χ3v) is 4.49. The van der Waals surface area contributed by atoms with Crippen LogP contribution in [-0.4, -0.2) is 21.7 Å². The average molecular weight is 371 g/mol. The molecule has 0 bridgehead atoms. The maximum Gasteiger partial charge on any atom is 0.290 e. The number of ketones is 1. The normalized spacial score (nSPS) is 17.3. The first kappa shape index (κ1) is 18.9. The number of hydrogen-bond donors (Lipinski definition) is 1. The second-order valence-corrected chi connectivity index (χ2v) is 7.19. The van der Waals surface area contributed by atoms with Crippen molar-refractivity contribution in [3.63, 3.8) is 0 Å². The van der Waals surface area contributed by atoms with E-state index in [1.807, 2.05) is 13.8 Å². The number of amides is 1. The molecular formula is C21H22FNO4. The summed E-state index contributed by atoms with van der Waals surface area (Å²) in [6, 6.07) is 8.39. The van der Waals surface area contributed by atoms with E-state index in [0.717, 1.165) is 0 Å². The van der Waals surface area contributed by atoms with Crippen molar-refractivity contribution in [3.8, 4) is 0 Å². The first-order valence-electron chi connectivity index (χ1n) is 8.86. The summed E-state index contributed by atoms with van der Waals surface area (Å²) in [5, 5.41) is 10.4. The van der Waals surface area contributed by atoms with Crippen LogP contribution < -0.4 is 0 Å². The number of aliphatic hydroxyl groups excluding tert-OH is 1. The molecule has 142 valence electrons. The molecule has 0 fully saturated rings. The summed E-state index contributed by atoms with van der Waals surface area (Å²) >= 11 is 0. The topological polar surface area (TPSA) is 70.8 Å². The monoisotopic (exact) mass is 371 g/mol. The lowest BCUT2D eigenvalue weighted by Crippen LogP contribution is -2.30. The van der Waals surface area contributed by atoms with Gasteiger partial charge in [-0.2, -0.15) is 0 Å². The smallest absolute Gasteiger partial charge is 0.290 e. The highest BCUT2D eigenvalue weighted by atomic mass is 19.1. The van der Waals surface area contributed by atoms with Gasteiger partial charge in [-0.15, -0.1) is 0 Å². The van der Waals surface area contributed by atoms with Gasteiger partial charge in [-0.1, -0.05) is 26.0 Å². The van der Waals surface area contributed by atoms with Crippen LogP contribution in [0.2, 0.25) is 0 Å². The summed E-state index contributed by atoms with van der Waals surface area (Å²) in [6.07, 6.45) is 0.216. The van der Waals surface area contributed by atoms with Crippen LogP contribution in [0.5, 0.6) is 0 Å². The molecule has 1 amide bonds. The van der Waals surface area contributed by atoms with Crippen LogP contribution in [0.25, 0.3) is 0 Å². The van der Waals surface area contributed by atoms with Gasteiger partial charge < -0.3 is 14.4 Å². The number of Topliss-reactive ketones (excluding diaryl/α,β-unsaturated/α-hetero) is 1. The summed E-state index contributed by atoms with van der Waals surface area (Å²) in [7, 11) is 0. The number of hydrogen-bond acceptors (Lipinski definition) is 4. The molecule has 6 heteroatoms. The number of halogens is 1. The fourth-order valence-corrected chi connectivity index (χ4v) is 3.26. The van der Waals surface area contributed by atoms with Crippen LogP contribution in [0.4, 0.5) is 4.39 Å². The van der Waals surface area contributed by atoms with E-state index >= 15 is 0 Å². The Balaban J connectivity index is 2.00. The Hall–Kier alpha value is -2.89. The van der Waals surface area contributed by atoms with Gasteiger partial charge in [0.25, 0.3) is 5.91 Å². The van der Waals surface area contributed by atoms with E-state index in [9.17, 15) is 19.1 Å². The zero-order valence-electron chi connectivity index (χ0n) is 15.5. The number of aryl methyl sites for hydroxylation is 1. The molecule has 0 radical (unpaired) electrons. The van der Waals surface area contributed by atoms with E-state index in [0.29, 0.717) is 17.1 Å². The molecule has 0 saturated heterocycles. The van der Waals surface area contributed by atoms with Crippen molar-refractivity contribution in [2.75, 3.05) is 0 Å². The lowest BCUT2D eigenvalue weighted by Gasteiger charge is -2.25. The van der Waals surface area contributed by atoms with Crippen molar-refractivity contribution >= 4 is 11.7 Å². The quantitative estimate of drug-likeness (QED) is 0.825. The third-order valence-electron chi connectivity index (χ3n) is 4.49. The van der Waals surface area contributed by atoms with Crippen LogP contribution in [0.1, 0.15) is 43.4 Å². The Bertz CT molecular complexity index is 895. The van der Waals surface area contributed by atoms with Gasteiger partial charge in [-0.05, 0) is 42.7 Å². The number of carbonyl (C=O) groups excluding carboxylic acids is 2. The Morgan fingerprint density at radius 3 is 2.44 bits per heavy atom. The first-order chi connectivity index (χ1) is 12.8. The van der Waals surface area contributed by atoms with Gasteiger partial charge in [-0.25, -0.2) is 4.39 Å². The van der Waals surface area contributed by atoms with Crippen LogP contribution in [0, 0.1) is 18.7 Å². The van der Waals surface area contributed by atoms with Gasteiger partial charge in [0.1, 0.15) is 23.4 Å². The highest BCUT2D eigenvalue weighted by Crippen LogP contribution is 2.40. The molecule has 5 nitrogen and oxygen atoms in total. The number of furan rings is 1. The van der Waals surface area contributed by atoms with Crippen LogP contribution >= 0.6 is 0 Å². The van der Waals surface area contributed by atoms with E-state index in [-0.39, 0.29) is 36.1 Å². The summed E-state index contributed by atoms with van der Waals surface area (Å²) in [5.74, 6) is -0.694. The van der Waals surface area contributed by atoms with Crippen LogP contribution in [-0.2, 0) is 16.1 Å². The molecule has 1 aliphatic heterocycles. The SMILES string of the molecule is Cc1ccc(C2C(C(=O)CC(C)C)=C(O)C(=O)N2Cc2ccc(F)cc2)o1. The van der Waals surface area contributed by atoms with Crippen molar-refractivity contribution in [3.05, 3.63) is 70.6 Å². The van der Waals surface area contributed by atoms with Crippen molar-refractivity contribution < 1.29 is 23.5 Å². The number of benzene rings is 1. The molecule has 2 heterocycles. The highest BCUT2D eigenvalue weighted by molar-refractivity contribution is 6.08. The minimum Gasteiger partial charge on any atom is -0.503 e. The largest absolute Gasteiger partial charge is 0.503 e. The lowest BCUT2D eigenvalue weighted by molar-refractivity contribution is -0.130. The Kier molecular flexibility index (Phi) is 5.17. The molecule has 1 aliphatic rings.